The van der Waals surface area contributed by atoms with Crippen LogP contribution in [0.1, 0.15) is 33.1 Å². The number of nitrogens with zero attached hydrogens (tertiary/aromatic N) is 1. The molecule has 0 saturated carbocycles. The highest BCUT2D eigenvalue weighted by atomic mass is 16.7. The summed E-state index contributed by atoms with van der Waals surface area (Å²) < 4.78 is 10.9. The number of ether oxygens (including phenoxy) is 2. The second-order valence-corrected chi connectivity index (χ2v) is 4.47. The fraction of sp³-hybridized carbons (Fsp3) is 0.846. The minimum absolute atomic E-state index is 0.107. The lowest BCUT2D eigenvalue weighted by atomic mass is 10.0. The number of likely N-dealkylation sites (N-methyl/N-ethyl adjacent to an activating group) is 1. The summed E-state index contributed by atoms with van der Waals surface area (Å²) in [6.07, 6.45) is 1.43. The third kappa shape index (κ3) is 4.89. The maximum atomic E-state index is 11.8. The summed E-state index contributed by atoms with van der Waals surface area (Å²) in [6.45, 7) is 5.67. The summed E-state index contributed by atoms with van der Waals surface area (Å²) in [6, 6.07) is -0.272. The van der Waals surface area contributed by atoms with Crippen LogP contribution in [0.5, 0.6) is 0 Å². The molecule has 0 aromatic rings. The van der Waals surface area contributed by atoms with Crippen LogP contribution in [0, 0.1) is 0 Å². The van der Waals surface area contributed by atoms with Crippen LogP contribution in [0.2, 0.25) is 0 Å². The standard InChI is InChI=1S/C13H24N2O4/c1-4-18-12(19-5-2)8-9-14-10-6-7-11(16)15(3)13(10)17/h10,12,14H,4-9H2,1-3H3. The van der Waals surface area contributed by atoms with E-state index in [9.17, 15) is 9.59 Å². The number of imide groups is 1. The van der Waals surface area contributed by atoms with Crippen LogP contribution in [0.3, 0.4) is 0 Å². The van der Waals surface area contributed by atoms with E-state index < -0.39 is 0 Å². The molecule has 0 bridgehead atoms. The molecule has 1 rings (SSSR count). The zero-order valence-electron chi connectivity index (χ0n) is 12.0. The Morgan fingerprint density at radius 3 is 2.53 bits per heavy atom. The topological polar surface area (TPSA) is 67.9 Å². The van der Waals surface area contributed by atoms with Gasteiger partial charge in [-0.15, -0.1) is 0 Å². The van der Waals surface area contributed by atoms with E-state index >= 15 is 0 Å². The van der Waals surface area contributed by atoms with Crippen molar-refractivity contribution in [3.8, 4) is 0 Å². The number of hydrogen-bond donors (Lipinski definition) is 1. The Kier molecular flexibility index (Phi) is 6.97. The molecule has 0 aromatic heterocycles. The van der Waals surface area contributed by atoms with Gasteiger partial charge in [-0.3, -0.25) is 14.5 Å². The Hall–Kier alpha value is -0.980. The number of likely N-dealkylation sites (tertiary alicyclic amines) is 1. The number of piperidine rings is 1. The maximum Gasteiger partial charge on any atom is 0.246 e. The van der Waals surface area contributed by atoms with Crippen molar-refractivity contribution >= 4 is 11.8 Å². The van der Waals surface area contributed by atoms with Gasteiger partial charge in [-0.25, -0.2) is 0 Å². The number of amides is 2. The Labute approximate surface area is 114 Å². The van der Waals surface area contributed by atoms with Crippen LogP contribution in [0.15, 0.2) is 0 Å². The van der Waals surface area contributed by atoms with E-state index in [1.54, 1.807) is 0 Å². The zero-order valence-corrected chi connectivity index (χ0v) is 12.0. The largest absolute Gasteiger partial charge is 0.353 e. The van der Waals surface area contributed by atoms with Crippen LogP contribution >= 0.6 is 0 Å². The van der Waals surface area contributed by atoms with Crippen LogP contribution in [-0.2, 0) is 19.1 Å². The fourth-order valence-electron chi connectivity index (χ4n) is 2.07. The second kappa shape index (κ2) is 8.24. The summed E-state index contributed by atoms with van der Waals surface area (Å²) in [4.78, 5) is 24.4. The summed E-state index contributed by atoms with van der Waals surface area (Å²) in [5.41, 5.74) is 0. The van der Waals surface area contributed by atoms with Gasteiger partial charge in [0.05, 0.1) is 6.04 Å². The van der Waals surface area contributed by atoms with Gasteiger partial charge in [0.25, 0.3) is 0 Å². The highest BCUT2D eigenvalue weighted by molar-refractivity contribution is 6.00. The molecule has 2 amide bonds. The van der Waals surface area contributed by atoms with E-state index in [4.69, 9.17) is 9.47 Å². The van der Waals surface area contributed by atoms with E-state index in [0.29, 0.717) is 39.0 Å². The van der Waals surface area contributed by atoms with Gasteiger partial charge < -0.3 is 14.8 Å². The molecule has 0 aromatic carbocycles. The first-order valence-corrected chi connectivity index (χ1v) is 6.87. The molecule has 110 valence electrons. The summed E-state index contributed by atoms with van der Waals surface area (Å²) in [5.74, 6) is -0.259. The fourth-order valence-corrected chi connectivity index (χ4v) is 2.07. The summed E-state index contributed by atoms with van der Waals surface area (Å²) >= 11 is 0. The molecular formula is C13H24N2O4. The van der Waals surface area contributed by atoms with E-state index in [1.165, 1.54) is 11.9 Å². The molecular weight excluding hydrogens is 248 g/mol. The minimum Gasteiger partial charge on any atom is -0.353 e. The molecule has 0 aliphatic carbocycles. The maximum absolute atomic E-state index is 11.8. The molecule has 6 nitrogen and oxygen atoms in total. The number of hydrogen-bond acceptors (Lipinski definition) is 5. The average molecular weight is 272 g/mol. The number of carbonyl (C=O) groups excluding carboxylic acids is 2. The molecule has 1 aliphatic heterocycles. The van der Waals surface area contributed by atoms with Crippen LogP contribution in [0.25, 0.3) is 0 Å². The first-order valence-electron chi connectivity index (χ1n) is 6.87. The third-order valence-corrected chi connectivity index (χ3v) is 3.13. The normalized spacial score (nSPS) is 20.4. The molecule has 1 atom stereocenters. The predicted molar refractivity (Wildman–Crippen MR) is 70.5 cm³/mol. The second-order valence-electron chi connectivity index (χ2n) is 4.47. The Morgan fingerprint density at radius 2 is 1.95 bits per heavy atom. The molecule has 1 unspecified atom stereocenters. The zero-order chi connectivity index (χ0) is 14.3. The van der Waals surface area contributed by atoms with Crippen molar-refractivity contribution in [1.82, 2.24) is 10.2 Å². The molecule has 1 aliphatic rings. The average Bonchev–Trinajstić information content (AvgIpc) is 2.39. The van der Waals surface area contributed by atoms with Gasteiger partial charge >= 0.3 is 0 Å². The monoisotopic (exact) mass is 272 g/mol. The molecule has 1 N–H and O–H groups in total. The lowest BCUT2D eigenvalue weighted by Gasteiger charge is -2.28. The van der Waals surface area contributed by atoms with Crippen LogP contribution < -0.4 is 5.32 Å². The Morgan fingerprint density at radius 1 is 1.32 bits per heavy atom. The third-order valence-electron chi connectivity index (χ3n) is 3.13. The molecule has 6 heteroatoms. The summed E-state index contributed by atoms with van der Waals surface area (Å²) in [7, 11) is 1.53. The van der Waals surface area contributed by atoms with Crippen molar-refractivity contribution in [1.29, 1.82) is 0 Å². The molecule has 1 saturated heterocycles. The summed E-state index contributed by atoms with van der Waals surface area (Å²) in [5, 5.41) is 3.17. The number of nitrogens with one attached hydrogen (secondary N) is 1. The minimum atomic E-state index is -0.272. The van der Waals surface area contributed by atoms with Crippen molar-refractivity contribution in [3.63, 3.8) is 0 Å². The van der Waals surface area contributed by atoms with Gasteiger partial charge in [0.15, 0.2) is 6.29 Å². The van der Waals surface area contributed by atoms with Crippen LogP contribution in [0.4, 0.5) is 0 Å². The lowest BCUT2D eigenvalue weighted by molar-refractivity contribution is -0.149. The number of carbonyl (C=O) groups is 2. The molecule has 0 spiro atoms. The van der Waals surface area contributed by atoms with Crippen molar-refractivity contribution in [2.45, 2.75) is 45.4 Å². The molecule has 0 radical (unpaired) electrons. The van der Waals surface area contributed by atoms with E-state index in [2.05, 4.69) is 5.32 Å². The lowest BCUT2D eigenvalue weighted by Crippen LogP contribution is -2.51. The van der Waals surface area contributed by atoms with Gasteiger partial charge in [-0.05, 0) is 20.3 Å². The van der Waals surface area contributed by atoms with Crippen molar-refractivity contribution in [2.24, 2.45) is 0 Å². The Bertz CT molecular complexity index is 303. The van der Waals surface area contributed by atoms with E-state index in [0.717, 1.165) is 0 Å². The van der Waals surface area contributed by atoms with Crippen molar-refractivity contribution in [2.75, 3.05) is 26.8 Å². The van der Waals surface area contributed by atoms with Gasteiger partial charge in [0.1, 0.15) is 0 Å². The highest BCUT2D eigenvalue weighted by Gasteiger charge is 2.31. The van der Waals surface area contributed by atoms with Gasteiger partial charge in [0, 0.05) is 39.6 Å². The van der Waals surface area contributed by atoms with Gasteiger partial charge in [-0.1, -0.05) is 0 Å². The van der Waals surface area contributed by atoms with E-state index in [-0.39, 0.29) is 24.1 Å². The van der Waals surface area contributed by atoms with Crippen molar-refractivity contribution < 1.29 is 19.1 Å². The highest BCUT2D eigenvalue weighted by Crippen LogP contribution is 2.11. The number of rotatable bonds is 8. The van der Waals surface area contributed by atoms with Crippen molar-refractivity contribution in [3.05, 3.63) is 0 Å². The quantitative estimate of drug-likeness (QED) is 0.515. The molecule has 19 heavy (non-hydrogen) atoms. The van der Waals surface area contributed by atoms with E-state index in [1.807, 2.05) is 13.8 Å². The molecule has 1 fully saturated rings. The predicted octanol–water partition coefficient (Wildman–Crippen LogP) is 0.513. The first kappa shape index (κ1) is 16.1. The Balaban J connectivity index is 2.31. The smallest absolute Gasteiger partial charge is 0.246 e. The molecule has 1 heterocycles. The van der Waals surface area contributed by atoms with Gasteiger partial charge in [0.2, 0.25) is 11.8 Å². The van der Waals surface area contributed by atoms with Crippen LogP contribution in [-0.4, -0.2) is 55.9 Å². The van der Waals surface area contributed by atoms with Gasteiger partial charge in [-0.2, -0.15) is 0 Å². The first-order chi connectivity index (χ1) is 9.10. The SMILES string of the molecule is CCOC(CCNC1CCC(=O)N(C)C1=O)OCC.